The maximum absolute atomic E-state index is 12.8. The molecule has 1 N–H and O–H groups in total. The summed E-state index contributed by atoms with van der Waals surface area (Å²) in [7, 11) is 0. The minimum atomic E-state index is -0.327. The molecule has 0 unspecified atom stereocenters. The van der Waals surface area contributed by atoms with E-state index in [0.717, 1.165) is 16.8 Å². The number of aliphatic hydroxyl groups excluding tert-OH is 1. The Balaban J connectivity index is 2.20. The number of rotatable bonds is 5. The largest absolute Gasteiger partial charge is 0.395 e. The Morgan fingerprint density at radius 3 is 2.74 bits per heavy atom. The van der Waals surface area contributed by atoms with Crippen molar-refractivity contribution in [1.29, 1.82) is 0 Å². The van der Waals surface area contributed by atoms with Gasteiger partial charge >= 0.3 is 0 Å². The van der Waals surface area contributed by atoms with Gasteiger partial charge in [-0.05, 0) is 12.5 Å². The number of carbonyl (C=O) groups is 1. The minimum absolute atomic E-state index is 0.0521. The number of aliphatic hydroxyl groups is 1. The van der Waals surface area contributed by atoms with E-state index in [2.05, 4.69) is 4.98 Å². The molecule has 0 spiro atoms. The fourth-order valence-electron chi connectivity index (χ4n) is 2.34. The molecule has 1 aromatic carbocycles. The fraction of sp³-hybridized carbons (Fsp3) is 0.188. The van der Waals surface area contributed by atoms with Gasteiger partial charge in [0.15, 0.2) is 4.96 Å². The van der Waals surface area contributed by atoms with Crippen LogP contribution in [0.2, 0.25) is 0 Å². The number of thiazole rings is 1. The molecular formula is C16H15N3O3S. The van der Waals surface area contributed by atoms with Gasteiger partial charge in [-0.15, -0.1) is 11.3 Å². The Bertz CT molecular complexity index is 899. The average Bonchev–Trinajstić information content (AvgIpc) is 2.99. The zero-order valence-corrected chi connectivity index (χ0v) is 13.3. The molecule has 2 aromatic heterocycles. The lowest BCUT2D eigenvalue weighted by Gasteiger charge is -2.14. The van der Waals surface area contributed by atoms with Crippen LogP contribution in [0.1, 0.15) is 5.56 Å². The van der Waals surface area contributed by atoms with Gasteiger partial charge in [0, 0.05) is 11.9 Å². The molecule has 0 fully saturated rings. The Hall–Kier alpha value is -2.51. The fourth-order valence-corrected chi connectivity index (χ4v) is 3.20. The smallest absolute Gasteiger partial charge is 0.283 e. The van der Waals surface area contributed by atoms with Crippen LogP contribution in [-0.4, -0.2) is 34.1 Å². The lowest BCUT2D eigenvalue weighted by molar-refractivity contribution is -0.107. The number of carbonyl (C=O) groups excluding carboxylic acids is 1. The van der Waals surface area contributed by atoms with Gasteiger partial charge in [0.25, 0.3) is 5.56 Å². The van der Waals surface area contributed by atoms with Crippen molar-refractivity contribution in [2.75, 3.05) is 18.1 Å². The van der Waals surface area contributed by atoms with Gasteiger partial charge < -0.3 is 10.0 Å². The number of anilines is 1. The van der Waals surface area contributed by atoms with Crippen molar-refractivity contribution in [2.45, 2.75) is 6.92 Å². The summed E-state index contributed by atoms with van der Waals surface area (Å²) in [6, 6.07) is 7.84. The molecule has 0 aliphatic heterocycles. The average molecular weight is 329 g/mol. The van der Waals surface area contributed by atoms with Crippen molar-refractivity contribution < 1.29 is 9.90 Å². The van der Waals surface area contributed by atoms with Gasteiger partial charge in [0.05, 0.1) is 18.5 Å². The molecule has 2 heterocycles. The van der Waals surface area contributed by atoms with E-state index in [1.54, 1.807) is 0 Å². The van der Waals surface area contributed by atoms with Crippen LogP contribution >= 0.6 is 11.3 Å². The number of aromatic nitrogens is 2. The second-order valence-corrected chi connectivity index (χ2v) is 5.91. The maximum Gasteiger partial charge on any atom is 0.283 e. The van der Waals surface area contributed by atoms with Gasteiger partial charge in [-0.25, -0.2) is 9.38 Å². The molecule has 118 valence electrons. The van der Waals surface area contributed by atoms with Crippen molar-refractivity contribution >= 4 is 28.4 Å². The molecule has 3 aromatic rings. The number of fused-ring (bicyclic) bond motifs is 1. The van der Waals surface area contributed by atoms with E-state index in [-0.39, 0.29) is 24.4 Å². The Kier molecular flexibility index (Phi) is 4.22. The highest BCUT2D eigenvalue weighted by atomic mass is 32.1. The molecule has 0 saturated carbocycles. The Morgan fingerprint density at radius 2 is 2.09 bits per heavy atom. The lowest BCUT2D eigenvalue weighted by Crippen LogP contribution is -2.31. The second-order valence-electron chi connectivity index (χ2n) is 5.08. The number of nitrogens with zero attached hydrogens (tertiary/aromatic N) is 3. The Labute approximate surface area is 136 Å². The van der Waals surface area contributed by atoms with E-state index in [0.29, 0.717) is 11.4 Å². The summed E-state index contributed by atoms with van der Waals surface area (Å²) < 4.78 is 1.50. The lowest BCUT2D eigenvalue weighted by atomic mass is 10.1. The van der Waals surface area contributed by atoms with E-state index in [4.69, 9.17) is 5.11 Å². The molecule has 23 heavy (non-hydrogen) atoms. The first-order valence-corrected chi connectivity index (χ1v) is 7.92. The van der Waals surface area contributed by atoms with Crippen molar-refractivity contribution in [1.82, 2.24) is 9.38 Å². The van der Waals surface area contributed by atoms with Gasteiger partial charge in [0.1, 0.15) is 5.69 Å². The van der Waals surface area contributed by atoms with Gasteiger partial charge in [0.2, 0.25) is 6.41 Å². The highest BCUT2D eigenvalue weighted by Crippen LogP contribution is 2.25. The number of aryl methyl sites for hydroxylation is 1. The molecule has 0 aliphatic carbocycles. The second kappa shape index (κ2) is 6.31. The van der Waals surface area contributed by atoms with Crippen LogP contribution < -0.4 is 10.5 Å². The molecule has 7 heteroatoms. The number of benzene rings is 1. The van der Waals surface area contributed by atoms with Crippen molar-refractivity contribution in [3.63, 3.8) is 0 Å². The summed E-state index contributed by atoms with van der Waals surface area (Å²) in [6.45, 7) is 1.82. The summed E-state index contributed by atoms with van der Waals surface area (Å²) in [4.78, 5) is 29.9. The topological polar surface area (TPSA) is 74.9 Å². The molecule has 6 nitrogen and oxygen atoms in total. The first-order valence-electron chi connectivity index (χ1n) is 7.05. The first kappa shape index (κ1) is 15.4. The quantitative estimate of drug-likeness (QED) is 0.723. The summed E-state index contributed by atoms with van der Waals surface area (Å²) >= 11 is 1.36. The van der Waals surface area contributed by atoms with E-state index >= 15 is 0 Å². The van der Waals surface area contributed by atoms with Gasteiger partial charge in [-0.1, -0.05) is 29.8 Å². The van der Waals surface area contributed by atoms with Crippen LogP contribution in [0.3, 0.4) is 0 Å². The summed E-state index contributed by atoms with van der Waals surface area (Å²) in [5, 5.41) is 10.9. The zero-order chi connectivity index (χ0) is 16.4. The highest BCUT2D eigenvalue weighted by molar-refractivity contribution is 7.15. The molecular weight excluding hydrogens is 314 g/mol. The van der Waals surface area contributed by atoms with Crippen LogP contribution in [0.15, 0.2) is 40.6 Å². The van der Waals surface area contributed by atoms with E-state index in [9.17, 15) is 9.59 Å². The van der Waals surface area contributed by atoms with Crippen molar-refractivity contribution in [3.05, 3.63) is 51.8 Å². The van der Waals surface area contributed by atoms with Crippen molar-refractivity contribution in [2.24, 2.45) is 0 Å². The first-order chi connectivity index (χ1) is 11.2. The number of amides is 1. The summed E-state index contributed by atoms with van der Waals surface area (Å²) in [6.07, 6.45) is 1.90. The third kappa shape index (κ3) is 2.76. The molecule has 3 rings (SSSR count). The number of hydrogen-bond donors (Lipinski definition) is 1. The normalized spacial score (nSPS) is 10.9. The van der Waals surface area contributed by atoms with Crippen LogP contribution in [-0.2, 0) is 4.79 Å². The highest BCUT2D eigenvalue weighted by Gasteiger charge is 2.16. The third-order valence-electron chi connectivity index (χ3n) is 3.55. The molecule has 0 atom stereocenters. The molecule has 0 saturated heterocycles. The summed E-state index contributed by atoms with van der Waals surface area (Å²) in [5.74, 6) is 0. The van der Waals surface area contributed by atoms with Crippen LogP contribution in [0.4, 0.5) is 5.69 Å². The molecule has 0 aliphatic rings. The predicted molar refractivity (Wildman–Crippen MR) is 90.0 cm³/mol. The Morgan fingerprint density at radius 1 is 1.35 bits per heavy atom. The van der Waals surface area contributed by atoms with Crippen LogP contribution in [0.5, 0.6) is 0 Å². The zero-order valence-electron chi connectivity index (χ0n) is 12.5. The summed E-state index contributed by atoms with van der Waals surface area (Å²) in [5.41, 5.74) is 2.60. The maximum atomic E-state index is 12.8. The minimum Gasteiger partial charge on any atom is -0.395 e. The van der Waals surface area contributed by atoms with Crippen molar-refractivity contribution in [3.8, 4) is 11.3 Å². The number of hydrogen-bond acceptors (Lipinski definition) is 5. The van der Waals surface area contributed by atoms with Crippen LogP contribution in [0.25, 0.3) is 16.2 Å². The standard InChI is InChI=1S/C16H15N3O3S/c1-11-2-4-12(5-3-11)14-9-23-16-17-8-13(15(22)19(14)16)18(10-21)6-7-20/h2-5,8-10,20H,6-7H2,1H3. The molecule has 1 amide bonds. The molecule has 0 bridgehead atoms. The third-order valence-corrected chi connectivity index (χ3v) is 4.39. The van der Waals surface area contributed by atoms with E-state index in [1.165, 1.54) is 26.8 Å². The van der Waals surface area contributed by atoms with E-state index in [1.807, 2.05) is 36.6 Å². The molecule has 0 radical (unpaired) electrons. The predicted octanol–water partition coefficient (Wildman–Crippen LogP) is 1.69. The van der Waals surface area contributed by atoms with E-state index < -0.39 is 0 Å². The van der Waals surface area contributed by atoms with Crippen LogP contribution in [0, 0.1) is 6.92 Å². The van der Waals surface area contributed by atoms with Gasteiger partial charge in [-0.3, -0.25) is 9.59 Å². The SMILES string of the molecule is Cc1ccc(-c2csc3ncc(N(C=O)CCO)c(=O)n23)cc1. The monoisotopic (exact) mass is 329 g/mol. The van der Waals surface area contributed by atoms with Gasteiger partial charge in [-0.2, -0.15) is 0 Å².